The molecule has 5 heteroatoms. The van der Waals surface area contributed by atoms with Gasteiger partial charge in [0.2, 0.25) is 0 Å². The van der Waals surface area contributed by atoms with Crippen LogP contribution in [-0.2, 0) is 4.79 Å². The quantitative estimate of drug-likeness (QED) is 0.837. The lowest BCUT2D eigenvalue weighted by Gasteiger charge is -2.20. The van der Waals surface area contributed by atoms with Gasteiger partial charge >= 0.3 is 6.43 Å². The van der Waals surface area contributed by atoms with E-state index in [9.17, 15) is 13.6 Å². The Labute approximate surface area is 85.9 Å². The molecule has 0 aromatic heterocycles. The average Bonchev–Trinajstić information content (AvgIpc) is 2.18. The van der Waals surface area contributed by atoms with E-state index in [0.29, 0.717) is 0 Å². The number of hydrogen-bond donors (Lipinski definition) is 1. The molecule has 3 nitrogen and oxygen atoms in total. The fourth-order valence-corrected chi connectivity index (χ4v) is 1.24. The third kappa shape index (κ3) is 2.65. The number of anilines is 1. The van der Waals surface area contributed by atoms with Gasteiger partial charge in [0.1, 0.15) is 5.75 Å². The van der Waals surface area contributed by atoms with Crippen molar-refractivity contribution in [2.45, 2.75) is 13.3 Å². The summed E-state index contributed by atoms with van der Waals surface area (Å²) in [4.78, 5) is 12.0. The van der Waals surface area contributed by atoms with Gasteiger partial charge in [-0.05, 0) is 19.1 Å². The van der Waals surface area contributed by atoms with E-state index in [1.807, 2.05) is 0 Å². The number of carbonyl (C=O) groups excluding carboxylic acids is 1. The fourth-order valence-electron chi connectivity index (χ4n) is 1.24. The number of rotatable bonds is 3. The van der Waals surface area contributed by atoms with E-state index in [0.717, 1.165) is 4.90 Å². The van der Waals surface area contributed by atoms with E-state index < -0.39 is 12.3 Å². The Morgan fingerprint density at radius 1 is 1.53 bits per heavy atom. The Morgan fingerprint density at radius 2 is 2.20 bits per heavy atom. The minimum atomic E-state index is -3.03. The zero-order chi connectivity index (χ0) is 11.4. The number of aromatic hydroxyl groups is 1. The Morgan fingerprint density at radius 3 is 2.67 bits per heavy atom. The number of nitrogens with zero attached hydrogens (tertiary/aromatic N) is 1. The van der Waals surface area contributed by atoms with E-state index in [-0.39, 0.29) is 18.0 Å². The number of hydrogen-bond acceptors (Lipinski definition) is 2. The van der Waals surface area contributed by atoms with Crippen LogP contribution in [0.5, 0.6) is 5.75 Å². The topological polar surface area (TPSA) is 40.5 Å². The SMILES string of the molecule is CCN(C(=O)C(F)F)c1cccc(O)c1. The summed E-state index contributed by atoms with van der Waals surface area (Å²) in [5.41, 5.74) is 0.266. The van der Waals surface area contributed by atoms with Gasteiger partial charge in [0.25, 0.3) is 5.91 Å². The van der Waals surface area contributed by atoms with Crippen LogP contribution in [0, 0.1) is 0 Å². The summed E-state index contributed by atoms with van der Waals surface area (Å²) in [7, 11) is 0. The van der Waals surface area contributed by atoms with Gasteiger partial charge in [-0.25, -0.2) is 0 Å². The molecule has 0 aliphatic rings. The molecule has 0 unspecified atom stereocenters. The summed E-state index contributed by atoms with van der Waals surface area (Å²) >= 11 is 0. The van der Waals surface area contributed by atoms with E-state index in [2.05, 4.69) is 0 Å². The maximum absolute atomic E-state index is 12.2. The Balaban J connectivity index is 2.97. The van der Waals surface area contributed by atoms with Gasteiger partial charge < -0.3 is 10.0 Å². The number of phenolic OH excluding ortho intramolecular Hbond substituents is 1. The highest BCUT2D eigenvalue weighted by Crippen LogP contribution is 2.21. The van der Waals surface area contributed by atoms with E-state index >= 15 is 0 Å². The average molecular weight is 215 g/mol. The minimum absolute atomic E-state index is 0.0620. The molecule has 0 saturated heterocycles. The molecule has 0 bridgehead atoms. The number of phenols is 1. The van der Waals surface area contributed by atoms with Gasteiger partial charge in [0.05, 0.1) is 0 Å². The smallest absolute Gasteiger partial charge is 0.316 e. The van der Waals surface area contributed by atoms with E-state index in [1.54, 1.807) is 6.92 Å². The second-order valence-electron chi connectivity index (χ2n) is 2.90. The second kappa shape index (κ2) is 4.72. The first kappa shape index (κ1) is 11.4. The molecule has 0 aliphatic heterocycles. The molecule has 15 heavy (non-hydrogen) atoms. The molecular formula is C10H11F2NO2. The van der Waals surface area contributed by atoms with Crippen LogP contribution < -0.4 is 4.90 Å². The lowest BCUT2D eigenvalue weighted by molar-refractivity contribution is -0.128. The number of amides is 1. The highest BCUT2D eigenvalue weighted by molar-refractivity contribution is 5.95. The van der Waals surface area contributed by atoms with Crippen LogP contribution in [0.1, 0.15) is 6.92 Å². The Bertz CT molecular complexity index is 355. The summed E-state index contributed by atoms with van der Waals surface area (Å²) in [6.07, 6.45) is -3.03. The molecule has 1 aromatic carbocycles. The van der Waals surface area contributed by atoms with Crippen LogP contribution in [0.2, 0.25) is 0 Å². The normalized spacial score (nSPS) is 10.4. The zero-order valence-corrected chi connectivity index (χ0v) is 8.15. The molecular weight excluding hydrogens is 204 g/mol. The van der Waals surface area contributed by atoms with Crippen molar-refractivity contribution in [3.05, 3.63) is 24.3 Å². The summed E-state index contributed by atoms with van der Waals surface area (Å²) < 4.78 is 24.4. The molecule has 0 radical (unpaired) electrons. The molecule has 82 valence electrons. The molecule has 0 spiro atoms. The highest BCUT2D eigenvalue weighted by atomic mass is 19.3. The fraction of sp³-hybridized carbons (Fsp3) is 0.300. The van der Waals surface area contributed by atoms with Crippen LogP contribution in [0.4, 0.5) is 14.5 Å². The van der Waals surface area contributed by atoms with Gasteiger partial charge in [-0.2, -0.15) is 8.78 Å². The van der Waals surface area contributed by atoms with E-state index in [4.69, 9.17) is 5.11 Å². The lowest BCUT2D eigenvalue weighted by Crippen LogP contribution is -2.35. The summed E-state index contributed by atoms with van der Waals surface area (Å²) in [6, 6.07) is 5.66. The molecule has 0 atom stereocenters. The van der Waals surface area contributed by atoms with Gasteiger partial charge in [-0.3, -0.25) is 4.79 Å². The first-order chi connectivity index (χ1) is 7.06. The second-order valence-corrected chi connectivity index (χ2v) is 2.90. The van der Waals surface area contributed by atoms with Crippen molar-refractivity contribution in [2.24, 2.45) is 0 Å². The van der Waals surface area contributed by atoms with Crippen molar-refractivity contribution in [1.82, 2.24) is 0 Å². The first-order valence-electron chi connectivity index (χ1n) is 4.44. The van der Waals surface area contributed by atoms with Crippen molar-refractivity contribution < 1.29 is 18.7 Å². The monoisotopic (exact) mass is 215 g/mol. The maximum atomic E-state index is 12.2. The predicted molar refractivity (Wildman–Crippen MR) is 52.1 cm³/mol. The molecule has 0 saturated carbocycles. The molecule has 1 amide bonds. The van der Waals surface area contributed by atoms with Crippen molar-refractivity contribution >= 4 is 11.6 Å². The summed E-state index contributed by atoms with van der Waals surface area (Å²) in [6.45, 7) is 1.72. The largest absolute Gasteiger partial charge is 0.508 e. The van der Waals surface area contributed by atoms with Crippen LogP contribution >= 0.6 is 0 Å². The number of benzene rings is 1. The van der Waals surface area contributed by atoms with Crippen molar-refractivity contribution in [3.63, 3.8) is 0 Å². The standard InChI is InChI=1S/C10H11F2NO2/c1-2-13(10(15)9(11)12)7-4-3-5-8(14)6-7/h3-6,9,14H,2H2,1H3. The molecule has 1 rings (SSSR count). The van der Waals surface area contributed by atoms with Crippen LogP contribution in [-0.4, -0.2) is 24.0 Å². The third-order valence-electron chi connectivity index (χ3n) is 1.91. The van der Waals surface area contributed by atoms with Crippen molar-refractivity contribution in [2.75, 3.05) is 11.4 Å². The number of carbonyl (C=O) groups is 1. The predicted octanol–water partition coefficient (Wildman–Crippen LogP) is 2.01. The van der Waals surface area contributed by atoms with Gasteiger partial charge in [-0.15, -0.1) is 0 Å². The van der Waals surface area contributed by atoms with Gasteiger partial charge in [-0.1, -0.05) is 6.07 Å². The zero-order valence-electron chi connectivity index (χ0n) is 8.15. The molecule has 0 aliphatic carbocycles. The summed E-state index contributed by atoms with van der Waals surface area (Å²) in [5.74, 6) is -1.32. The summed E-state index contributed by atoms with van der Waals surface area (Å²) in [5, 5.41) is 9.15. The highest BCUT2D eigenvalue weighted by Gasteiger charge is 2.23. The molecule has 0 heterocycles. The Hall–Kier alpha value is -1.65. The van der Waals surface area contributed by atoms with Crippen LogP contribution in [0.25, 0.3) is 0 Å². The number of alkyl halides is 2. The minimum Gasteiger partial charge on any atom is -0.508 e. The molecule has 1 N–H and O–H groups in total. The van der Waals surface area contributed by atoms with Crippen LogP contribution in [0.15, 0.2) is 24.3 Å². The number of halogens is 2. The van der Waals surface area contributed by atoms with Crippen molar-refractivity contribution in [1.29, 1.82) is 0 Å². The van der Waals surface area contributed by atoms with Gasteiger partial charge in [0.15, 0.2) is 0 Å². The molecule has 0 fully saturated rings. The first-order valence-corrected chi connectivity index (χ1v) is 4.44. The Kier molecular flexibility index (Phi) is 3.60. The maximum Gasteiger partial charge on any atom is 0.316 e. The van der Waals surface area contributed by atoms with E-state index in [1.165, 1.54) is 24.3 Å². The van der Waals surface area contributed by atoms with Crippen molar-refractivity contribution in [3.8, 4) is 5.75 Å². The lowest BCUT2D eigenvalue weighted by atomic mass is 10.2. The molecule has 1 aromatic rings. The van der Waals surface area contributed by atoms with Crippen LogP contribution in [0.3, 0.4) is 0 Å². The van der Waals surface area contributed by atoms with Gasteiger partial charge in [0, 0.05) is 18.3 Å². The third-order valence-corrected chi connectivity index (χ3v) is 1.91.